The minimum Gasteiger partial charge on any atom is -0.346 e. The lowest BCUT2D eigenvalue weighted by Crippen LogP contribution is -2.36. The molecule has 1 N–H and O–H groups in total. The standard InChI is InChI=1S/C20H23N5O2S/c1-13-11-15(5-6-19(13)28(26,27)24(3)4)17-12-25(23-14(17)2)18-8-10-22-20-16(18)7-9-21-20/h5-13,19H,1-4H3,(H,21,22). The van der Waals surface area contributed by atoms with Gasteiger partial charge in [0.25, 0.3) is 0 Å². The monoisotopic (exact) mass is 397 g/mol. The summed E-state index contributed by atoms with van der Waals surface area (Å²) in [6.07, 6.45) is 11.3. The molecular formula is C20H23N5O2S. The molecule has 7 nitrogen and oxygen atoms in total. The van der Waals surface area contributed by atoms with Gasteiger partial charge in [-0.05, 0) is 30.5 Å². The molecule has 0 radical (unpaired) electrons. The molecule has 0 spiro atoms. The summed E-state index contributed by atoms with van der Waals surface area (Å²) in [5, 5.41) is 5.12. The summed E-state index contributed by atoms with van der Waals surface area (Å²) in [7, 11) is -0.211. The van der Waals surface area contributed by atoms with Crippen molar-refractivity contribution in [2.75, 3.05) is 14.1 Å². The highest BCUT2D eigenvalue weighted by Gasteiger charge is 2.32. The van der Waals surface area contributed by atoms with Crippen LogP contribution in [0.3, 0.4) is 0 Å². The van der Waals surface area contributed by atoms with Gasteiger partial charge in [-0.3, -0.25) is 0 Å². The van der Waals surface area contributed by atoms with Crippen LogP contribution in [0.1, 0.15) is 18.2 Å². The molecular weight excluding hydrogens is 374 g/mol. The minimum absolute atomic E-state index is 0.132. The number of nitrogens with one attached hydrogen (secondary N) is 1. The lowest BCUT2D eigenvalue weighted by molar-refractivity contribution is 0.501. The Balaban J connectivity index is 1.71. The summed E-state index contributed by atoms with van der Waals surface area (Å²) in [6.45, 7) is 3.89. The van der Waals surface area contributed by atoms with E-state index in [1.165, 1.54) is 4.31 Å². The van der Waals surface area contributed by atoms with Crippen LogP contribution in [0.4, 0.5) is 0 Å². The Bertz CT molecular complexity index is 1200. The van der Waals surface area contributed by atoms with Crippen LogP contribution in [0, 0.1) is 12.8 Å². The van der Waals surface area contributed by atoms with Crippen molar-refractivity contribution in [3.8, 4) is 5.69 Å². The van der Waals surface area contributed by atoms with E-state index in [0.717, 1.165) is 33.6 Å². The molecule has 3 aromatic rings. The summed E-state index contributed by atoms with van der Waals surface area (Å²) in [4.78, 5) is 7.43. The lowest BCUT2D eigenvalue weighted by Gasteiger charge is -2.25. The molecule has 4 rings (SSSR count). The Labute approximate surface area is 164 Å². The minimum atomic E-state index is -3.35. The third-order valence-electron chi connectivity index (χ3n) is 5.17. The Morgan fingerprint density at radius 2 is 2.04 bits per heavy atom. The number of pyridine rings is 1. The van der Waals surface area contributed by atoms with E-state index in [-0.39, 0.29) is 5.92 Å². The average molecular weight is 398 g/mol. The van der Waals surface area contributed by atoms with E-state index < -0.39 is 15.3 Å². The fourth-order valence-corrected chi connectivity index (χ4v) is 5.00. The average Bonchev–Trinajstić information content (AvgIpc) is 3.27. The molecule has 1 aliphatic rings. The first-order chi connectivity index (χ1) is 13.3. The van der Waals surface area contributed by atoms with Gasteiger partial charge in [-0.25, -0.2) is 22.4 Å². The Morgan fingerprint density at radius 3 is 2.75 bits per heavy atom. The zero-order chi connectivity index (χ0) is 20.1. The highest BCUT2D eigenvalue weighted by Crippen LogP contribution is 2.31. The number of aryl methyl sites for hydroxylation is 1. The molecule has 3 heterocycles. The van der Waals surface area contributed by atoms with Crippen LogP contribution in [0.25, 0.3) is 22.3 Å². The molecule has 0 aliphatic heterocycles. The first-order valence-electron chi connectivity index (χ1n) is 9.09. The molecule has 2 atom stereocenters. The predicted octanol–water partition coefficient (Wildman–Crippen LogP) is 2.91. The molecule has 0 saturated heterocycles. The maximum atomic E-state index is 12.5. The van der Waals surface area contributed by atoms with Crippen molar-refractivity contribution in [3.63, 3.8) is 0 Å². The van der Waals surface area contributed by atoms with Gasteiger partial charge in [0.15, 0.2) is 0 Å². The van der Waals surface area contributed by atoms with Crippen molar-refractivity contribution in [1.82, 2.24) is 24.1 Å². The number of fused-ring (bicyclic) bond motifs is 1. The number of aromatic amines is 1. The number of nitrogens with zero attached hydrogens (tertiary/aromatic N) is 4. The first kappa shape index (κ1) is 18.6. The molecule has 146 valence electrons. The molecule has 0 bridgehead atoms. The van der Waals surface area contributed by atoms with Crippen LogP contribution in [-0.2, 0) is 10.0 Å². The quantitative estimate of drug-likeness (QED) is 0.734. The number of sulfonamides is 1. The van der Waals surface area contributed by atoms with Crippen molar-refractivity contribution < 1.29 is 8.42 Å². The second-order valence-corrected chi connectivity index (χ2v) is 9.58. The topological polar surface area (TPSA) is 83.9 Å². The SMILES string of the molecule is Cc1nn(-c2ccnc3[nH]ccc23)cc1C1=CC(C)C(S(=O)(=O)N(C)C)C=C1. The smallest absolute Gasteiger partial charge is 0.220 e. The van der Waals surface area contributed by atoms with Crippen molar-refractivity contribution >= 4 is 26.6 Å². The van der Waals surface area contributed by atoms with E-state index in [4.69, 9.17) is 0 Å². The van der Waals surface area contributed by atoms with Gasteiger partial charge in [-0.1, -0.05) is 25.2 Å². The third-order valence-corrected chi connectivity index (χ3v) is 7.47. The van der Waals surface area contributed by atoms with Gasteiger partial charge < -0.3 is 4.98 Å². The van der Waals surface area contributed by atoms with E-state index in [9.17, 15) is 8.42 Å². The van der Waals surface area contributed by atoms with Gasteiger partial charge in [-0.15, -0.1) is 0 Å². The predicted molar refractivity (Wildman–Crippen MR) is 111 cm³/mol. The van der Waals surface area contributed by atoms with Gasteiger partial charge in [0.1, 0.15) is 5.65 Å². The van der Waals surface area contributed by atoms with Gasteiger partial charge in [0.05, 0.1) is 16.6 Å². The van der Waals surface area contributed by atoms with Crippen LogP contribution >= 0.6 is 0 Å². The largest absolute Gasteiger partial charge is 0.346 e. The Morgan fingerprint density at radius 1 is 1.25 bits per heavy atom. The maximum Gasteiger partial charge on any atom is 0.220 e. The molecule has 0 fully saturated rings. The van der Waals surface area contributed by atoms with Crippen molar-refractivity contribution in [3.05, 3.63) is 60.2 Å². The van der Waals surface area contributed by atoms with E-state index in [1.54, 1.807) is 26.4 Å². The molecule has 3 aromatic heterocycles. The first-order valence-corrected chi connectivity index (χ1v) is 10.6. The molecule has 2 unspecified atom stereocenters. The zero-order valence-corrected chi connectivity index (χ0v) is 17.1. The normalized spacial score (nSPS) is 20.1. The van der Waals surface area contributed by atoms with Crippen molar-refractivity contribution in [2.24, 2.45) is 5.92 Å². The highest BCUT2D eigenvalue weighted by atomic mass is 32.2. The van der Waals surface area contributed by atoms with Gasteiger partial charge in [0.2, 0.25) is 10.0 Å². The number of H-pyrrole nitrogens is 1. The number of hydrogen-bond acceptors (Lipinski definition) is 4. The van der Waals surface area contributed by atoms with Gasteiger partial charge >= 0.3 is 0 Å². The van der Waals surface area contributed by atoms with Gasteiger partial charge in [-0.2, -0.15) is 5.10 Å². The summed E-state index contributed by atoms with van der Waals surface area (Å²) in [6, 6.07) is 3.91. The molecule has 0 saturated carbocycles. The molecule has 0 aromatic carbocycles. The zero-order valence-electron chi connectivity index (χ0n) is 16.3. The Kier molecular flexibility index (Phi) is 4.47. The molecule has 0 amide bonds. The van der Waals surface area contributed by atoms with E-state index in [2.05, 4.69) is 15.1 Å². The second-order valence-electron chi connectivity index (χ2n) is 7.27. The summed E-state index contributed by atoms with van der Waals surface area (Å²) >= 11 is 0. The Hall–Kier alpha value is -2.71. The third kappa shape index (κ3) is 2.98. The van der Waals surface area contributed by atoms with Crippen LogP contribution in [0.5, 0.6) is 0 Å². The second kappa shape index (κ2) is 6.72. The molecule has 1 aliphatic carbocycles. The number of aromatic nitrogens is 4. The number of allylic oxidation sites excluding steroid dienone is 3. The lowest BCUT2D eigenvalue weighted by atomic mass is 9.93. The van der Waals surface area contributed by atoms with Crippen LogP contribution in [-0.4, -0.2) is 51.8 Å². The van der Waals surface area contributed by atoms with Crippen LogP contribution < -0.4 is 0 Å². The van der Waals surface area contributed by atoms with Crippen molar-refractivity contribution in [2.45, 2.75) is 19.1 Å². The summed E-state index contributed by atoms with van der Waals surface area (Å²) in [5.74, 6) is -0.132. The summed E-state index contributed by atoms with van der Waals surface area (Å²) < 4.78 is 28.2. The van der Waals surface area contributed by atoms with Gasteiger partial charge in [0, 0.05) is 43.6 Å². The molecule has 28 heavy (non-hydrogen) atoms. The van der Waals surface area contributed by atoms with E-state index in [1.807, 2.05) is 55.2 Å². The number of hydrogen-bond donors (Lipinski definition) is 1. The fraction of sp³-hybridized carbons (Fsp3) is 0.300. The summed E-state index contributed by atoms with van der Waals surface area (Å²) in [5.41, 5.74) is 4.62. The molecule has 8 heteroatoms. The van der Waals surface area contributed by atoms with Crippen LogP contribution in [0.2, 0.25) is 0 Å². The maximum absolute atomic E-state index is 12.5. The van der Waals surface area contributed by atoms with Crippen molar-refractivity contribution in [1.29, 1.82) is 0 Å². The number of rotatable bonds is 4. The highest BCUT2D eigenvalue weighted by molar-refractivity contribution is 7.89. The van der Waals surface area contributed by atoms with E-state index in [0.29, 0.717) is 0 Å². The fourth-order valence-electron chi connectivity index (χ4n) is 3.61. The van der Waals surface area contributed by atoms with Crippen LogP contribution in [0.15, 0.2) is 49.0 Å². The van der Waals surface area contributed by atoms with E-state index >= 15 is 0 Å².